The molecule has 1 atom stereocenters. The van der Waals surface area contributed by atoms with E-state index in [1.165, 1.54) is 22.9 Å². The van der Waals surface area contributed by atoms with Crippen molar-refractivity contribution in [2.75, 3.05) is 0 Å². The van der Waals surface area contributed by atoms with Crippen LogP contribution in [0.2, 0.25) is 0 Å². The SMILES string of the molecule is CCC[C@H](NC(=O)c1cc2ccccc2s1)c1ccc(C(=O)NO)o1. The molecule has 25 heavy (non-hydrogen) atoms. The number of hydrogen-bond acceptors (Lipinski definition) is 5. The first-order valence-electron chi connectivity index (χ1n) is 7.96. The molecule has 1 aromatic carbocycles. The molecule has 2 heterocycles. The highest BCUT2D eigenvalue weighted by atomic mass is 32.1. The lowest BCUT2D eigenvalue weighted by Crippen LogP contribution is -2.27. The van der Waals surface area contributed by atoms with Crippen molar-refractivity contribution < 1.29 is 19.2 Å². The Morgan fingerprint density at radius 1 is 1.20 bits per heavy atom. The van der Waals surface area contributed by atoms with Crippen molar-refractivity contribution in [2.45, 2.75) is 25.8 Å². The number of furan rings is 1. The van der Waals surface area contributed by atoms with Gasteiger partial charge in [0.15, 0.2) is 5.76 Å². The molecule has 0 saturated heterocycles. The quantitative estimate of drug-likeness (QED) is 0.460. The normalized spacial score (nSPS) is 12.1. The summed E-state index contributed by atoms with van der Waals surface area (Å²) in [6.07, 6.45) is 1.50. The van der Waals surface area contributed by atoms with Crippen LogP contribution in [0.4, 0.5) is 0 Å². The zero-order chi connectivity index (χ0) is 17.8. The molecule has 3 rings (SSSR count). The summed E-state index contributed by atoms with van der Waals surface area (Å²) in [6, 6.07) is 12.5. The summed E-state index contributed by atoms with van der Waals surface area (Å²) in [4.78, 5) is 24.6. The Bertz CT molecular complexity index is 866. The minimum Gasteiger partial charge on any atom is -0.454 e. The molecular formula is C18H18N2O4S. The van der Waals surface area contributed by atoms with Crippen LogP contribution in [0.25, 0.3) is 10.1 Å². The van der Waals surface area contributed by atoms with Gasteiger partial charge in [-0.25, -0.2) is 5.48 Å². The van der Waals surface area contributed by atoms with Crippen LogP contribution in [0, 0.1) is 0 Å². The molecule has 0 aliphatic rings. The summed E-state index contributed by atoms with van der Waals surface area (Å²) in [5.41, 5.74) is 1.53. The highest BCUT2D eigenvalue weighted by Crippen LogP contribution is 2.27. The van der Waals surface area contributed by atoms with Crippen molar-refractivity contribution >= 4 is 33.2 Å². The Kier molecular flexibility index (Phi) is 5.16. The van der Waals surface area contributed by atoms with Crippen molar-refractivity contribution in [1.29, 1.82) is 0 Å². The van der Waals surface area contributed by atoms with E-state index in [1.807, 2.05) is 37.3 Å². The molecular weight excluding hydrogens is 340 g/mol. The lowest BCUT2D eigenvalue weighted by Gasteiger charge is -2.15. The third kappa shape index (κ3) is 3.72. The number of nitrogens with one attached hydrogen (secondary N) is 2. The Morgan fingerprint density at radius 3 is 2.72 bits per heavy atom. The van der Waals surface area contributed by atoms with Crippen LogP contribution in [0.1, 0.15) is 51.8 Å². The van der Waals surface area contributed by atoms with Crippen LogP contribution in [0.5, 0.6) is 0 Å². The van der Waals surface area contributed by atoms with Gasteiger partial charge in [0.25, 0.3) is 5.91 Å². The standard InChI is InChI=1S/C18H18N2O4S/c1-2-5-12(13-8-9-14(24-13)17(21)20-23)19-18(22)16-10-11-6-3-4-7-15(11)25-16/h3-4,6-10,12,23H,2,5H2,1H3,(H,19,22)(H,20,21)/t12-/m0/s1. The minimum atomic E-state index is -0.725. The van der Waals surface area contributed by atoms with Crippen LogP contribution in [0.15, 0.2) is 46.9 Å². The molecule has 0 saturated carbocycles. The lowest BCUT2D eigenvalue weighted by molar-refractivity contribution is 0.0673. The number of carbonyl (C=O) groups is 2. The van der Waals surface area contributed by atoms with E-state index >= 15 is 0 Å². The number of carbonyl (C=O) groups excluding carboxylic acids is 2. The van der Waals surface area contributed by atoms with Gasteiger partial charge in [0.2, 0.25) is 0 Å². The zero-order valence-electron chi connectivity index (χ0n) is 13.6. The van der Waals surface area contributed by atoms with Crippen molar-refractivity contribution in [1.82, 2.24) is 10.8 Å². The highest BCUT2D eigenvalue weighted by molar-refractivity contribution is 7.20. The smallest absolute Gasteiger partial charge is 0.310 e. The number of benzene rings is 1. The van der Waals surface area contributed by atoms with E-state index in [-0.39, 0.29) is 17.7 Å². The Balaban J connectivity index is 1.80. The van der Waals surface area contributed by atoms with Crippen molar-refractivity contribution in [2.24, 2.45) is 0 Å². The maximum atomic E-state index is 12.6. The summed E-state index contributed by atoms with van der Waals surface area (Å²) >= 11 is 1.43. The molecule has 2 amide bonds. The highest BCUT2D eigenvalue weighted by Gasteiger charge is 2.21. The molecule has 0 spiro atoms. The molecule has 3 N–H and O–H groups in total. The molecule has 6 nitrogen and oxygen atoms in total. The fourth-order valence-corrected chi connectivity index (χ4v) is 3.58. The van der Waals surface area contributed by atoms with E-state index in [9.17, 15) is 9.59 Å². The van der Waals surface area contributed by atoms with Gasteiger partial charge in [-0.3, -0.25) is 14.8 Å². The van der Waals surface area contributed by atoms with E-state index in [0.29, 0.717) is 17.1 Å². The fraction of sp³-hybridized carbons (Fsp3) is 0.222. The summed E-state index contributed by atoms with van der Waals surface area (Å²) in [6.45, 7) is 2.00. The zero-order valence-corrected chi connectivity index (χ0v) is 14.4. The molecule has 0 unspecified atom stereocenters. The third-order valence-corrected chi connectivity index (χ3v) is 4.94. The molecule has 2 aromatic heterocycles. The molecule has 0 aliphatic carbocycles. The molecule has 0 aliphatic heterocycles. The van der Waals surface area contributed by atoms with E-state index in [2.05, 4.69) is 5.32 Å². The molecule has 130 valence electrons. The van der Waals surface area contributed by atoms with Crippen molar-refractivity contribution in [3.05, 3.63) is 58.9 Å². The van der Waals surface area contributed by atoms with Gasteiger partial charge in [-0.1, -0.05) is 31.5 Å². The van der Waals surface area contributed by atoms with Gasteiger partial charge in [0.1, 0.15) is 5.76 Å². The summed E-state index contributed by atoms with van der Waals surface area (Å²) in [5.74, 6) is -0.425. The average Bonchev–Trinajstić information content (AvgIpc) is 3.27. The van der Waals surface area contributed by atoms with Crippen LogP contribution < -0.4 is 10.8 Å². The van der Waals surface area contributed by atoms with Gasteiger partial charge < -0.3 is 9.73 Å². The van der Waals surface area contributed by atoms with E-state index in [0.717, 1.165) is 16.5 Å². The molecule has 0 bridgehead atoms. The van der Waals surface area contributed by atoms with Crippen LogP contribution in [-0.2, 0) is 0 Å². The number of rotatable bonds is 6. The van der Waals surface area contributed by atoms with Gasteiger partial charge in [0.05, 0.1) is 10.9 Å². The number of fused-ring (bicyclic) bond motifs is 1. The summed E-state index contributed by atoms with van der Waals surface area (Å²) < 4.78 is 6.52. The molecule has 0 radical (unpaired) electrons. The second kappa shape index (κ2) is 7.50. The lowest BCUT2D eigenvalue weighted by atomic mass is 10.1. The first-order valence-corrected chi connectivity index (χ1v) is 8.77. The number of hydroxylamine groups is 1. The van der Waals surface area contributed by atoms with Crippen molar-refractivity contribution in [3.8, 4) is 0 Å². The van der Waals surface area contributed by atoms with Gasteiger partial charge >= 0.3 is 5.91 Å². The van der Waals surface area contributed by atoms with Gasteiger partial charge in [-0.05, 0) is 36.1 Å². The van der Waals surface area contributed by atoms with E-state index < -0.39 is 5.91 Å². The second-order valence-corrected chi connectivity index (χ2v) is 6.69. The van der Waals surface area contributed by atoms with Gasteiger partial charge in [0, 0.05) is 4.70 Å². The Labute approximate surface area is 148 Å². The largest absolute Gasteiger partial charge is 0.454 e. The topological polar surface area (TPSA) is 91.6 Å². The predicted octanol–water partition coefficient (Wildman–Crippen LogP) is 3.88. The summed E-state index contributed by atoms with van der Waals surface area (Å²) in [5, 5.41) is 12.7. The Hall–Kier alpha value is -2.64. The number of hydrogen-bond donors (Lipinski definition) is 3. The van der Waals surface area contributed by atoms with Crippen molar-refractivity contribution in [3.63, 3.8) is 0 Å². The fourth-order valence-electron chi connectivity index (χ4n) is 2.61. The Morgan fingerprint density at radius 2 is 2.00 bits per heavy atom. The van der Waals surface area contributed by atoms with Crippen LogP contribution >= 0.6 is 11.3 Å². The molecule has 0 fully saturated rings. The average molecular weight is 358 g/mol. The van der Waals surface area contributed by atoms with Gasteiger partial charge in [-0.2, -0.15) is 0 Å². The van der Waals surface area contributed by atoms with E-state index in [1.54, 1.807) is 6.07 Å². The second-order valence-electron chi connectivity index (χ2n) is 5.61. The first kappa shape index (κ1) is 17.2. The predicted molar refractivity (Wildman–Crippen MR) is 94.9 cm³/mol. The first-order chi connectivity index (χ1) is 12.1. The summed E-state index contributed by atoms with van der Waals surface area (Å²) in [7, 11) is 0. The third-order valence-electron chi connectivity index (χ3n) is 3.83. The minimum absolute atomic E-state index is 0.00489. The number of amides is 2. The monoisotopic (exact) mass is 358 g/mol. The van der Waals surface area contributed by atoms with Crippen LogP contribution in [-0.4, -0.2) is 17.0 Å². The maximum Gasteiger partial charge on any atom is 0.310 e. The van der Waals surface area contributed by atoms with Gasteiger partial charge in [-0.15, -0.1) is 11.3 Å². The number of thiophene rings is 1. The molecule has 3 aromatic rings. The maximum absolute atomic E-state index is 12.6. The molecule has 7 heteroatoms. The van der Waals surface area contributed by atoms with Crippen LogP contribution in [0.3, 0.4) is 0 Å². The van der Waals surface area contributed by atoms with E-state index in [4.69, 9.17) is 9.62 Å².